The van der Waals surface area contributed by atoms with Crippen molar-refractivity contribution in [1.82, 2.24) is 5.32 Å². The van der Waals surface area contributed by atoms with Crippen molar-refractivity contribution in [3.8, 4) is 0 Å². The van der Waals surface area contributed by atoms with Gasteiger partial charge in [0, 0.05) is 6.54 Å². The lowest BCUT2D eigenvalue weighted by Gasteiger charge is -2.11. The van der Waals surface area contributed by atoms with Gasteiger partial charge in [0.25, 0.3) is 15.9 Å². The van der Waals surface area contributed by atoms with Crippen LogP contribution in [0, 0.1) is 6.92 Å². The third-order valence-corrected chi connectivity index (χ3v) is 5.80. The fourth-order valence-corrected chi connectivity index (χ4v) is 3.88. The maximum absolute atomic E-state index is 12.5. The number of aryl methyl sites for hydroxylation is 1. The van der Waals surface area contributed by atoms with E-state index in [1.807, 2.05) is 37.3 Å². The summed E-state index contributed by atoms with van der Waals surface area (Å²) in [5.74, 6) is -0.332. The van der Waals surface area contributed by atoms with Gasteiger partial charge in [-0.25, -0.2) is 8.42 Å². The number of carbonyl (C=O) groups is 1. The van der Waals surface area contributed by atoms with Crippen molar-refractivity contribution in [2.45, 2.75) is 18.4 Å². The Bertz CT molecular complexity index is 1080. The van der Waals surface area contributed by atoms with E-state index in [9.17, 15) is 13.2 Å². The molecule has 28 heavy (non-hydrogen) atoms. The Morgan fingerprint density at radius 2 is 1.64 bits per heavy atom. The highest BCUT2D eigenvalue weighted by atomic mass is 35.5. The van der Waals surface area contributed by atoms with Gasteiger partial charge in [-0.2, -0.15) is 0 Å². The molecule has 0 fully saturated rings. The number of hydrogen-bond acceptors (Lipinski definition) is 3. The fraction of sp³-hybridized carbons (Fsp3) is 0.0952. The van der Waals surface area contributed by atoms with E-state index in [1.165, 1.54) is 30.3 Å². The summed E-state index contributed by atoms with van der Waals surface area (Å²) in [6.45, 7) is 2.25. The SMILES string of the molecule is Cc1ccc(S(=O)(=O)Nc2ccc(C(=O)NCc3ccccc3)c(Cl)c2)cc1. The summed E-state index contributed by atoms with van der Waals surface area (Å²) in [5.41, 5.74) is 2.49. The van der Waals surface area contributed by atoms with Gasteiger partial charge < -0.3 is 5.32 Å². The molecule has 144 valence electrons. The third-order valence-electron chi connectivity index (χ3n) is 4.09. The van der Waals surface area contributed by atoms with Gasteiger partial charge in [0.1, 0.15) is 0 Å². The second-order valence-corrected chi connectivity index (χ2v) is 8.37. The number of nitrogens with one attached hydrogen (secondary N) is 2. The molecule has 0 aliphatic carbocycles. The van der Waals surface area contributed by atoms with Crippen LogP contribution in [-0.2, 0) is 16.6 Å². The number of benzene rings is 3. The van der Waals surface area contributed by atoms with Gasteiger partial charge in [0.05, 0.1) is 21.2 Å². The minimum atomic E-state index is -3.74. The van der Waals surface area contributed by atoms with Crippen LogP contribution in [0.4, 0.5) is 5.69 Å². The molecule has 0 bridgehead atoms. The van der Waals surface area contributed by atoms with Crippen molar-refractivity contribution < 1.29 is 13.2 Å². The maximum Gasteiger partial charge on any atom is 0.261 e. The molecule has 0 saturated carbocycles. The zero-order valence-corrected chi connectivity index (χ0v) is 16.7. The van der Waals surface area contributed by atoms with Crippen LogP contribution in [0.2, 0.25) is 5.02 Å². The van der Waals surface area contributed by atoms with E-state index >= 15 is 0 Å². The molecule has 0 aliphatic heterocycles. The molecule has 3 aromatic rings. The Hall–Kier alpha value is -2.83. The van der Waals surface area contributed by atoms with E-state index in [4.69, 9.17) is 11.6 Å². The quantitative estimate of drug-likeness (QED) is 0.628. The molecule has 2 N–H and O–H groups in total. The maximum atomic E-state index is 12.5. The number of rotatable bonds is 6. The molecule has 0 heterocycles. The van der Waals surface area contributed by atoms with E-state index in [1.54, 1.807) is 12.1 Å². The smallest absolute Gasteiger partial charge is 0.261 e. The molecule has 1 amide bonds. The second-order valence-electron chi connectivity index (χ2n) is 6.28. The summed E-state index contributed by atoms with van der Waals surface area (Å²) in [6.07, 6.45) is 0. The number of anilines is 1. The first-order valence-corrected chi connectivity index (χ1v) is 10.4. The monoisotopic (exact) mass is 414 g/mol. The lowest BCUT2D eigenvalue weighted by atomic mass is 10.2. The highest BCUT2D eigenvalue weighted by Crippen LogP contribution is 2.23. The van der Waals surface area contributed by atoms with Crippen LogP contribution < -0.4 is 10.0 Å². The van der Waals surface area contributed by atoms with Crippen molar-refractivity contribution in [1.29, 1.82) is 0 Å². The molecule has 3 rings (SSSR count). The Kier molecular flexibility index (Phi) is 6.02. The van der Waals surface area contributed by atoms with Crippen molar-refractivity contribution in [3.05, 3.63) is 94.5 Å². The van der Waals surface area contributed by atoms with Crippen LogP contribution in [0.15, 0.2) is 77.7 Å². The first kappa shape index (κ1) is 19.9. The average molecular weight is 415 g/mol. The summed E-state index contributed by atoms with van der Waals surface area (Å²) < 4.78 is 27.4. The van der Waals surface area contributed by atoms with Gasteiger partial charge in [0.15, 0.2) is 0 Å². The van der Waals surface area contributed by atoms with E-state index in [0.29, 0.717) is 6.54 Å². The van der Waals surface area contributed by atoms with Crippen molar-refractivity contribution in [2.24, 2.45) is 0 Å². The molecule has 0 saturated heterocycles. The summed E-state index contributed by atoms with van der Waals surface area (Å²) in [4.78, 5) is 12.5. The largest absolute Gasteiger partial charge is 0.348 e. The van der Waals surface area contributed by atoms with Crippen LogP contribution >= 0.6 is 11.6 Å². The highest BCUT2D eigenvalue weighted by Gasteiger charge is 2.16. The summed E-state index contributed by atoms with van der Waals surface area (Å²) in [7, 11) is -3.74. The summed E-state index contributed by atoms with van der Waals surface area (Å²) in [6, 6.07) is 20.4. The first-order chi connectivity index (χ1) is 13.3. The zero-order chi connectivity index (χ0) is 20.1. The Balaban J connectivity index is 1.71. The Labute approximate surface area is 169 Å². The van der Waals surface area contributed by atoms with Crippen LogP contribution in [-0.4, -0.2) is 14.3 Å². The minimum Gasteiger partial charge on any atom is -0.348 e. The summed E-state index contributed by atoms with van der Waals surface area (Å²) >= 11 is 6.21. The topological polar surface area (TPSA) is 75.3 Å². The summed E-state index contributed by atoms with van der Waals surface area (Å²) in [5, 5.41) is 2.95. The van der Waals surface area contributed by atoms with Crippen molar-refractivity contribution >= 4 is 33.2 Å². The number of sulfonamides is 1. The third kappa shape index (κ3) is 4.91. The molecular weight excluding hydrogens is 396 g/mol. The molecule has 0 aromatic heterocycles. The fourth-order valence-electron chi connectivity index (χ4n) is 2.57. The number of amides is 1. The molecule has 0 radical (unpaired) electrons. The van der Waals surface area contributed by atoms with E-state index in [-0.39, 0.29) is 27.1 Å². The minimum absolute atomic E-state index is 0.152. The molecule has 0 aliphatic rings. The van der Waals surface area contributed by atoms with Crippen LogP contribution in [0.1, 0.15) is 21.5 Å². The molecule has 7 heteroatoms. The first-order valence-electron chi connectivity index (χ1n) is 8.56. The average Bonchev–Trinajstić information content (AvgIpc) is 2.67. The molecule has 5 nitrogen and oxygen atoms in total. The van der Waals surface area contributed by atoms with Gasteiger partial charge in [-0.05, 0) is 42.8 Å². The van der Waals surface area contributed by atoms with Crippen molar-refractivity contribution in [2.75, 3.05) is 4.72 Å². The Morgan fingerprint density at radius 1 is 0.964 bits per heavy atom. The van der Waals surface area contributed by atoms with E-state index in [2.05, 4.69) is 10.0 Å². The molecular formula is C21H19ClN2O3S. The highest BCUT2D eigenvalue weighted by molar-refractivity contribution is 7.92. The van der Waals surface area contributed by atoms with E-state index in [0.717, 1.165) is 11.1 Å². The molecule has 0 atom stereocenters. The van der Waals surface area contributed by atoms with Gasteiger partial charge in [-0.3, -0.25) is 9.52 Å². The second kappa shape index (κ2) is 8.46. The van der Waals surface area contributed by atoms with Crippen LogP contribution in [0.3, 0.4) is 0 Å². The van der Waals surface area contributed by atoms with Gasteiger partial charge >= 0.3 is 0 Å². The van der Waals surface area contributed by atoms with E-state index < -0.39 is 10.0 Å². The predicted molar refractivity (Wildman–Crippen MR) is 111 cm³/mol. The van der Waals surface area contributed by atoms with Crippen LogP contribution in [0.25, 0.3) is 0 Å². The molecule has 0 unspecified atom stereocenters. The zero-order valence-electron chi connectivity index (χ0n) is 15.1. The Morgan fingerprint density at radius 3 is 2.29 bits per heavy atom. The number of halogens is 1. The lowest BCUT2D eigenvalue weighted by Crippen LogP contribution is -2.23. The van der Waals surface area contributed by atoms with Gasteiger partial charge in [0.2, 0.25) is 0 Å². The van der Waals surface area contributed by atoms with Crippen molar-refractivity contribution in [3.63, 3.8) is 0 Å². The normalized spacial score (nSPS) is 11.1. The predicted octanol–water partition coefficient (Wildman–Crippen LogP) is 4.38. The molecule has 3 aromatic carbocycles. The van der Waals surface area contributed by atoms with Gasteiger partial charge in [-0.1, -0.05) is 59.6 Å². The van der Waals surface area contributed by atoms with Crippen LogP contribution in [0.5, 0.6) is 0 Å². The number of carbonyl (C=O) groups excluding carboxylic acids is 1. The number of hydrogen-bond donors (Lipinski definition) is 2. The van der Waals surface area contributed by atoms with Gasteiger partial charge in [-0.15, -0.1) is 0 Å². The molecule has 0 spiro atoms. The standard InChI is InChI=1S/C21H19ClN2O3S/c1-15-7-10-18(11-8-15)28(26,27)24-17-9-12-19(20(22)13-17)21(25)23-14-16-5-3-2-4-6-16/h2-13,24H,14H2,1H3,(H,23,25). The lowest BCUT2D eigenvalue weighted by molar-refractivity contribution is 0.0951.